The molecular formula is C18H19NO3. The molecule has 0 N–H and O–H groups in total. The zero-order valence-corrected chi connectivity index (χ0v) is 12.6. The Hall–Kier alpha value is -2.62. The van der Waals surface area contributed by atoms with Gasteiger partial charge in [-0.3, -0.25) is 4.98 Å². The fraction of sp³-hybridized carbons (Fsp3) is 0.222. The summed E-state index contributed by atoms with van der Waals surface area (Å²) in [4.78, 5) is 16.4. The molecule has 0 aliphatic carbocycles. The number of hydrogen-bond donors (Lipinski definition) is 0. The van der Waals surface area contributed by atoms with Crippen molar-refractivity contribution in [1.82, 2.24) is 4.98 Å². The van der Waals surface area contributed by atoms with Crippen LogP contribution in [0.2, 0.25) is 0 Å². The first-order chi connectivity index (χ1) is 10.8. The van der Waals surface area contributed by atoms with Crippen molar-refractivity contribution in [2.24, 2.45) is 0 Å². The van der Waals surface area contributed by atoms with Gasteiger partial charge in [-0.25, -0.2) is 4.79 Å². The van der Waals surface area contributed by atoms with Gasteiger partial charge in [0.25, 0.3) is 0 Å². The third-order valence-corrected chi connectivity index (χ3v) is 3.02. The molecule has 22 heavy (non-hydrogen) atoms. The first kappa shape index (κ1) is 15.8. The van der Waals surface area contributed by atoms with Crippen LogP contribution >= 0.6 is 0 Å². The van der Waals surface area contributed by atoms with E-state index in [1.807, 2.05) is 18.2 Å². The quantitative estimate of drug-likeness (QED) is 0.442. The van der Waals surface area contributed by atoms with E-state index in [2.05, 4.69) is 11.6 Å². The van der Waals surface area contributed by atoms with Crippen molar-refractivity contribution in [2.75, 3.05) is 13.2 Å². The average Bonchev–Trinajstić information content (AvgIpc) is 2.56. The van der Waals surface area contributed by atoms with Crippen LogP contribution in [0.4, 0.5) is 0 Å². The molecule has 0 aliphatic rings. The van der Waals surface area contributed by atoms with Crippen molar-refractivity contribution in [3.63, 3.8) is 0 Å². The van der Waals surface area contributed by atoms with Crippen molar-refractivity contribution < 1.29 is 14.3 Å². The van der Waals surface area contributed by atoms with Crippen molar-refractivity contribution in [3.05, 3.63) is 60.8 Å². The van der Waals surface area contributed by atoms with Crippen LogP contribution in [0, 0.1) is 0 Å². The number of carbonyl (C=O) groups excluding carboxylic acids is 1. The van der Waals surface area contributed by atoms with Crippen LogP contribution in [0.1, 0.15) is 23.7 Å². The summed E-state index contributed by atoms with van der Waals surface area (Å²) in [5.41, 5.74) is 1.91. The van der Waals surface area contributed by atoms with Crippen molar-refractivity contribution >= 4 is 5.97 Å². The lowest BCUT2D eigenvalue weighted by molar-refractivity contribution is 0.0527. The molecule has 0 radical (unpaired) electrons. The molecule has 4 heteroatoms. The molecule has 0 amide bonds. The van der Waals surface area contributed by atoms with Gasteiger partial charge in [0, 0.05) is 17.8 Å². The normalized spacial score (nSPS) is 10.0. The van der Waals surface area contributed by atoms with E-state index in [0.717, 1.165) is 12.0 Å². The van der Waals surface area contributed by atoms with Gasteiger partial charge in [-0.2, -0.15) is 0 Å². The zero-order valence-electron chi connectivity index (χ0n) is 12.6. The summed E-state index contributed by atoms with van der Waals surface area (Å²) in [6.07, 6.45) is 4.25. The highest BCUT2D eigenvalue weighted by Gasteiger charge is 2.14. The lowest BCUT2D eigenvalue weighted by Crippen LogP contribution is -2.06. The fourth-order valence-corrected chi connectivity index (χ4v) is 2.00. The van der Waals surface area contributed by atoms with Gasteiger partial charge in [0.1, 0.15) is 5.75 Å². The smallest absolute Gasteiger partial charge is 0.338 e. The zero-order chi connectivity index (χ0) is 15.8. The molecule has 1 aromatic heterocycles. The lowest BCUT2D eigenvalue weighted by atomic mass is 10.0. The van der Waals surface area contributed by atoms with Gasteiger partial charge in [-0.1, -0.05) is 24.3 Å². The van der Waals surface area contributed by atoms with Gasteiger partial charge in [-0.15, -0.1) is 6.58 Å². The van der Waals surface area contributed by atoms with Crippen LogP contribution in [0.3, 0.4) is 0 Å². The molecule has 0 saturated carbocycles. The van der Waals surface area contributed by atoms with E-state index in [-0.39, 0.29) is 5.97 Å². The summed E-state index contributed by atoms with van der Waals surface area (Å²) in [5.74, 6) is 0.364. The van der Waals surface area contributed by atoms with Crippen molar-refractivity contribution in [1.29, 1.82) is 0 Å². The molecule has 2 aromatic rings. The number of hydrogen-bond acceptors (Lipinski definition) is 4. The van der Waals surface area contributed by atoms with E-state index in [4.69, 9.17) is 9.47 Å². The Kier molecular flexibility index (Phi) is 5.72. The molecular weight excluding hydrogens is 278 g/mol. The highest BCUT2D eigenvalue weighted by Crippen LogP contribution is 2.25. The van der Waals surface area contributed by atoms with Gasteiger partial charge in [0.05, 0.1) is 24.5 Å². The summed E-state index contributed by atoms with van der Waals surface area (Å²) < 4.78 is 10.7. The maximum Gasteiger partial charge on any atom is 0.338 e. The van der Waals surface area contributed by atoms with Gasteiger partial charge in [-0.05, 0) is 25.5 Å². The second kappa shape index (κ2) is 7.98. The average molecular weight is 297 g/mol. The number of pyridine rings is 1. The number of esters is 1. The number of benzene rings is 1. The minimum atomic E-state index is -0.349. The predicted octanol–water partition coefficient (Wildman–Crippen LogP) is 3.88. The molecule has 0 fully saturated rings. The maximum atomic E-state index is 12.0. The second-order valence-electron chi connectivity index (χ2n) is 4.57. The summed E-state index contributed by atoms with van der Waals surface area (Å²) in [7, 11) is 0. The predicted molar refractivity (Wildman–Crippen MR) is 85.9 cm³/mol. The molecule has 0 unspecified atom stereocenters. The van der Waals surface area contributed by atoms with Gasteiger partial charge in [0.2, 0.25) is 0 Å². The van der Waals surface area contributed by atoms with Crippen LogP contribution < -0.4 is 4.74 Å². The summed E-state index contributed by atoms with van der Waals surface area (Å²) >= 11 is 0. The Morgan fingerprint density at radius 3 is 2.91 bits per heavy atom. The molecule has 4 nitrogen and oxygen atoms in total. The SMILES string of the molecule is C=CCCOc1ccnc(-c2ccccc2C(=O)OCC)c1. The van der Waals surface area contributed by atoms with E-state index in [0.29, 0.717) is 30.2 Å². The minimum absolute atomic E-state index is 0.339. The molecule has 0 spiro atoms. The first-order valence-electron chi connectivity index (χ1n) is 7.22. The number of rotatable bonds is 7. The second-order valence-corrected chi connectivity index (χ2v) is 4.57. The fourth-order valence-electron chi connectivity index (χ4n) is 2.00. The van der Waals surface area contributed by atoms with Crippen LogP contribution in [-0.2, 0) is 4.74 Å². The lowest BCUT2D eigenvalue weighted by Gasteiger charge is -2.10. The third kappa shape index (κ3) is 3.95. The Balaban J connectivity index is 2.29. The highest BCUT2D eigenvalue weighted by molar-refractivity contribution is 5.96. The summed E-state index contributed by atoms with van der Waals surface area (Å²) in [6.45, 7) is 6.35. The molecule has 114 valence electrons. The molecule has 1 aromatic carbocycles. The molecule has 0 bridgehead atoms. The molecule has 0 aliphatic heterocycles. The summed E-state index contributed by atoms with van der Waals surface area (Å²) in [5, 5.41) is 0. The van der Waals surface area contributed by atoms with E-state index in [1.54, 1.807) is 37.4 Å². The Bertz CT molecular complexity index is 652. The number of aromatic nitrogens is 1. The van der Waals surface area contributed by atoms with Gasteiger partial charge < -0.3 is 9.47 Å². The van der Waals surface area contributed by atoms with Crippen molar-refractivity contribution in [3.8, 4) is 17.0 Å². The van der Waals surface area contributed by atoms with E-state index < -0.39 is 0 Å². The number of nitrogens with zero attached hydrogens (tertiary/aromatic N) is 1. The van der Waals surface area contributed by atoms with Crippen LogP contribution in [0.25, 0.3) is 11.3 Å². The van der Waals surface area contributed by atoms with E-state index in [1.165, 1.54) is 0 Å². The van der Waals surface area contributed by atoms with Crippen LogP contribution in [-0.4, -0.2) is 24.2 Å². The van der Waals surface area contributed by atoms with Gasteiger partial charge >= 0.3 is 5.97 Å². The third-order valence-electron chi connectivity index (χ3n) is 3.02. The molecule has 1 heterocycles. The minimum Gasteiger partial charge on any atom is -0.493 e. The standard InChI is InChI=1S/C18H19NO3/c1-3-5-12-22-14-10-11-19-17(13-14)15-8-6-7-9-16(15)18(20)21-4-2/h3,6-11,13H,1,4-5,12H2,2H3. The number of ether oxygens (including phenoxy) is 2. The monoisotopic (exact) mass is 297 g/mol. The van der Waals surface area contributed by atoms with E-state index in [9.17, 15) is 4.79 Å². The highest BCUT2D eigenvalue weighted by atomic mass is 16.5. The van der Waals surface area contributed by atoms with Crippen LogP contribution in [0.15, 0.2) is 55.3 Å². The number of carbonyl (C=O) groups is 1. The summed E-state index contributed by atoms with van der Waals surface area (Å²) in [6, 6.07) is 10.9. The topological polar surface area (TPSA) is 48.4 Å². The van der Waals surface area contributed by atoms with Crippen LogP contribution in [0.5, 0.6) is 5.75 Å². The van der Waals surface area contributed by atoms with E-state index >= 15 is 0 Å². The Morgan fingerprint density at radius 2 is 2.14 bits per heavy atom. The molecule has 0 saturated heterocycles. The molecule has 0 atom stereocenters. The van der Waals surface area contributed by atoms with Gasteiger partial charge in [0.15, 0.2) is 0 Å². The Labute approximate surface area is 130 Å². The largest absolute Gasteiger partial charge is 0.493 e. The first-order valence-corrected chi connectivity index (χ1v) is 7.22. The maximum absolute atomic E-state index is 12.0. The molecule has 2 rings (SSSR count). The van der Waals surface area contributed by atoms with Crippen molar-refractivity contribution in [2.45, 2.75) is 13.3 Å². The Morgan fingerprint density at radius 1 is 1.32 bits per heavy atom.